The largest absolute Gasteiger partial charge is 0.325 e. The van der Waals surface area contributed by atoms with Gasteiger partial charge in [-0.05, 0) is 24.3 Å². The van der Waals surface area contributed by atoms with E-state index in [2.05, 4.69) is 34.0 Å². The van der Waals surface area contributed by atoms with Gasteiger partial charge in [0.25, 0.3) is 0 Å². The molecule has 1 aliphatic rings. The summed E-state index contributed by atoms with van der Waals surface area (Å²) < 4.78 is 30.7. The van der Waals surface area contributed by atoms with Gasteiger partial charge in [-0.3, -0.25) is 10.1 Å². The molecule has 0 radical (unpaired) electrons. The molecule has 1 N–H and O–H groups in total. The Hall–Kier alpha value is -2.38. The first-order valence-electron chi connectivity index (χ1n) is 9.43. The molecule has 0 bridgehead atoms. The lowest BCUT2D eigenvalue weighted by atomic mass is 9.84. The van der Waals surface area contributed by atoms with Gasteiger partial charge in [0, 0.05) is 25.3 Å². The minimum Gasteiger partial charge on any atom is -0.325 e. The number of fused-ring (bicyclic) bond motifs is 1. The molecule has 4 rings (SSSR count). The molecule has 1 fully saturated rings. The highest BCUT2D eigenvalue weighted by Crippen LogP contribution is 2.43. The third-order valence-corrected chi connectivity index (χ3v) is 5.12. The smallest absolute Gasteiger partial charge is 0.250 e. The normalized spacial score (nSPS) is 22.6. The lowest BCUT2D eigenvalue weighted by Crippen LogP contribution is -2.33. The van der Waals surface area contributed by atoms with Crippen LogP contribution in [0.2, 0.25) is 0 Å². The van der Waals surface area contributed by atoms with E-state index < -0.39 is 5.92 Å². The maximum absolute atomic E-state index is 14.3. The lowest BCUT2D eigenvalue weighted by Gasteiger charge is -2.35. The number of nitrogens with zero attached hydrogens (tertiary/aromatic N) is 5. The molecule has 144 valence electrons. The van der Waals surface area contributed by atoms with Crippen molar-refractivity contribution in [1.82, 2.24) is 29.7 Å². The van der Waals surface area contributed by atoms with Gasteiger partial charge in [-0.25, -0.2) is 18.7 Å². The predicted molar refractivity (Wildman–Crippen MR) is 98.4 cm³/mol. The fourth-order valence-electron chi connectivity index (χ4n) is 4.19. The molecule has 1 saturated carbocycles. The summed E-state index contributed by atoms with van der Waals surface area (Å²) in [5, 5.41) is 6.67. The maximum atomic E-state index is 14.3. The van der Waals surface area contributed by atoms with Crippen molar-refractivity contribution in [1.29, 1.82) is 0 Å². The van der Waals surface area contributed by atoms with Crippen molar-refractivity contribution in [2.75, 3.05) is 0 Å². The van der Waals surface area contributed by atoms with Crippen LogP contribution in [0.15, 0.2) is 18.6 Å². The summed E-state index contributed by atoms with van der Waals surface area (Å²) in [6, 6.07) is 1.61. The molecule has 3 aromatic rings. The summed E-state index contributed by atoms with van der Waals surface area (Å²) >= 11 is 0. The Morgan fingerprint density at radius 1 is 1.30 bits per heavy atom. The van der Waals surface area contributed by atoms with Crippen LogP contribution in [0.5, 0.6) is 0 Å². The van der Waals surface area contributed by atoms with E-state index in [0.29, 0.717) is 17.4 Å². The van der Waals surface area contributed by atoms with Gasteiger partial charge in [0.2, 0.25) is 5.92 Å². The topological polar surface area (TPSA) is 72.3 Å². The Bertz CT molecular complexity index is 931. The number of imidazole rings is 1. The summed E-state index contributed by atoms with van der Waals surface area (Å²) in [7, 11) is 0. The highest BCUT2D eigenvalue weighted by Gasteiger charge is 2.41. The third kappa shape index (κ3) is 3.57. The lowest BCUT2D eigenvalue weighted by molar-refractivity contribution is -0.0660. The predicted octanol–water partition coefficient (Wildman–Crippen LogP) is 4.41. The first-order valence-corrected chi connectivity index (χ1v) is 9.43. The standard InChI is InChI=1S/C19H24F2N6/c1-11(2)4-17-25-15-9-22-14(18-23-10-24-26-18)6-16(15)27(17)13-5-12(3)7-19(20,21)8-13/h6,9-13H,4-5,7-8H2,1-3H3,(H,23,24,26). The van der Waals surface area contributed by atoms with Crippen molar-refractivity contribution in [3.8, 4) is 11.5 Å². The van der Waals surface area contributed by atoms with Crippen LogP contribution in [0.4, 0.5) is 8.78 Å². The highest BCUT2D eigenvalue weighted by molar-refractivity contribution is 5.79. The summed E-state index contributed by atoms with van der Waals surface area (Å²) in [4.78, 5) is 13.3. The number of pyridine rings is 1. The highest BCUT2D eigenvalue weighted by atomic mass is 19.3. The monoisotopic (exact) mass is 374 g/mol. The molecule has 0 spiro atoms. The van der Waals surface area contributed by atoms with E-state index in [1.807, 2.05) is 17.6 Å². The molecular formula is C19H24F2N6. The second-order valence-electron chi connectivity index (χ2n) is 8.15. The van der Waals surface area contributed by atoms with Gasteiger partial charge in [-0.15, -0.1) is 0 Å². The van der Waals surface area contributed by atoms with Crippen molar-refractivity contribution in [3.05, 3.63) is 24.4 Å². The zero-order chi connectivity index (χ0) is 19.2. The van der Waals surface area contributed by atoms with Gasteiger partial charge in [0.1, 0.15) is 23.4 Å². The van der Waals surface area contributed by atoms with Crippen molar-refractivity contribution >= 4 is 11.0 Å². The quantitative estimate of drug-likeness (QED) is 0.734. The molecule has 2 atom stereocenters. The van der Waals surface area contributed by atoms with Crippen molar-refractivity contribution < 1.29 is 8.78 Å². The zero-order valence-electron chi connectivity index (χ0n) is 15.8. The van der Waals surface area contributed by atoms with Gasteiger partial charge in [0.15, 0.2) is 5.82 Å². The van der Waals surface area contributed by atoms with Gasteiger partial charge < -0.3 is 4.57 Å². The SMILES string of the molecule is CC(C)Cc1nc2cnc(-c3ncn[nH]3)cc2n1C1CC(C)CC(F)(F)C1. The first-order chi connectivity index (χ1) is 12.8. The van der Waals surface area contributed by atoms with Crippen LogP contribution in [0.3, 0.4) is 0 Å². The molecule has 8 heteroatoms. The number of aromatic nitrogens is 6. The molecule has 3 aromatic heterocycles. The summed E-state index contributed by atoms with van der Waals surface area (Å²) in [5.41, 5.74) is 2.20. The number of alkyl halides is 2. The molecule has 6 nitrogen and oxygen atoms in total. The number of nitrogens with one attached hydrogen (secondary N) is 1. The number of hydrogen-bond acceptors (Lipinski definition) is 4. The first kappa shape index (κ1) is 18.0. The van der Waals surface area contributed by atoms with Gasteiger partial charge >= 0.3 is 0 Å². The molecule has 0 aliphatic heterocycles. The molecule has 0 saturated heterocycles. The van der Waals surface area contributed by atoms with Crippen LogP contribution in [-0.4, -0.2) is 35.6 Å². The van der Waals surface area contributed by atoms with Crippen LogP contribution in [0.25, 0.3) is 22.6 Å². The number of halogens is 2. The molecule has 0 amide bonds. The Kier molecular flexibility index (Phi) is 4.44. The van der Waals surface area contributed by atoms with Crippen LogP contribution >= 0.6 is 0 Å². The Morgan fingerprint density at radius 2 is 2.11 bits per heavy atom. The van der Waals surface area contributed by atoms with Gasteiger partial charge in [-0.1, -0.05) is 20.8 Å². The second-order valence-corrected chi connectivity index (χ2v) is 8.15. The fraction of sp³-hybridized carbons (Fsp3) is 0.579. The van der Waals surface area contributed by atoms with E-state index in [9.17, 15) is 8.78 Å². The van der Waals surface area contributed by atoms with Crippen LogP contribution in [0, 0.1) is 11.8 Å². The van der Waals surface area contributed by atoms with Crippen LogP contribution in [0.1, 0.15) is 51.9 Å². The fourth-order valence-corrected chi connectivity index (χ4v) is 4.19. The molecule has 0 aromatic carbocycles. The number of aromatic amines is 1. The second kappa shape index (κ2) is 6.65. The Morgan fingerprint density at radius 3 is 2.78 bits per heavy atom. The number of rotatable bonds is 4. The Labute approximate surface area is 156 Å². The maximum Gasteiger partial charge on any atom is 0.250 e. The number of H-pyrrole nitrogens is 1. The van der Waals surface area contributed by atoms with E-state index in [1.165, 1.54) is 6.33 Å². The minimum absolute atomic E-state index is 0.0290. The van der Waals surface area contributed by atoms with E-state index in [0.717, 1.165) is 29.7 Å². The molecule has 2 unspecified atom stereocenters. The summed E-state index contributed by atoms with van der Waals surface area (Å²) in [5.74, 6) is -0.888. The van der Waals surface area contributed by atoms with E-state index in [-0.39, 0.29) is 24.8 Å². The average Bonchev–Trinajstić information content (AvgIpc) is 3.18. The molecular weight excluding hydrogens is 350 g/mol. The number of hydrogen-bond donors (Lipinski definition) is 1. The zero-order valence-corrected chi connectivity index (χ0v) is 15.8. The van der Waals surface area contributed by atoms with Crippen molar-refractivity contribution in [2.24, 2.45) is 11.8 Å². The van der Waals surface area contributed by atoms with E-state index in [4.69, 9.17) is 4.98 Å². The van der Waals surface area contributed by atoms with Crippen molar-refractivity contribution in [2.45, 2.75) is 58.4 Å². The van der Waals surface area contributed by atoms with Crippen LogP contribution in [-0.2, 0) is 6.42 Å². The molecule has 3 heterocycles. The third-order valence-electron chi connectivity index (χ3n) is 5.12. The average molecular weight is 374 g/mol. The van der Waals surface area contributed by atoms with Gasteiger partial charge in [-0.2, -0.15) is 5.10 Å². The summed E-state index contributed by atoms with van der Waals surface area (Å²) in [6.07, 6.45) is 4.40. The Balaban J connectivity index is 1.85. The minimum atomic E-state index is -2.64. The van der Waals surface area contributed by atoms with Crippen molar-refractivity contribution in [3.63, 3.8) is 0 Å². The molecule has 1 aliphatic carbocycles. The molecule has 27 heavy (non-hydrogen) atoms. The van der Waals surface area contributed by atoms with E-state index >= 15 is 0 Å². The van der Waals surface area contributed by atoms with Gasteiger partial charge in [0.05, 0.1) is 11.7 Å². The van der Waals surface area contributed by atoms with E-state index in [1.54, 1.807) is 6.20 Å². The van der Waals surface area contributed by atoms with Crippen LogP contribution < -0.4 is 0 Å². The summed E-state index contributed by atoms with van der Waals surface area (Å²) in [6.45, 7) is 6.13.